The van der Waals surface area contributed by atoms with Crippen LogP contribution in [0.4, 0.5) is 0 Å². The molecule has 0 aromatic carbocycles. The zero-order valence-electron chi connectivity index (χ0n) is 6.31. The first kappa shape index (κ1) is 7.73. The molecule has 1 saturated heterocycles. The Bertz CT molecular complexity index is 112. The first-order valence-corrected chi connectivity index (χ1v) is 3.86. The minimum absolute atomic E-state index is 0.417. The summed E-state index contributed by atoms with van der Waals surface area (Å²) in [5.74, 6) is 0.417. The Labute approximate surface area is 62.2 Å². The van der Waals surface area contributed by atoms with Gasteiger partial charge in [-0.2, -0.15) is 0 Å². The summed E-state index contributed by atoms with van der Waals surface area (Å²) in [6, 6.07) is 0. The molecule has 1 radical (unpaired) electrons. The van der Waals surface area contributed by atoms with Gasteiger partial charge in [0.05, 0.1) is 0 Å². The molecule has 0 amide bonds. The summed E-state index contributed by atoms with van der Waals surface area (Å²) >= 11 is 0. The van der Waals surface area contributed by atoms with Crippen molar-refractivity contribution >= 4 is 5.78 Å². The Morgan fingerprint density at radius 1 is 1.40 bits per heavy atom. The minimum Gasteiger partial charge on any atom is -0.302 e. The molecule has 0 spiro atoms. The average molecular weight is 140 g/mol. The van der Waals surface area contributed by atoms with Gasteiger partial charge in [-0.25, -0.2) is 0 Å². The number of hydrogen-bond donors (Lipinski definition) is 0. The number of hydrogen-bond acceptors (Lipinski definition) is 2. The largest absolute Gasteiger partial charge is 0.302 e. The fourth-order valence-corrected chi connectivity index (χ4v) is 1.25. The van der Waals surface area contributed by atoms with Crippen LogP contribution in [0.3, 0.4) is 0 Å². The zero-order chi connectivity index (χ0) is 7.40. The SMILES string of the molecule is [CH2]CCN1CCC(=O)CC1. The van der Waals surface area contributed by atoms with Crippen LogP contribution in [0.25, 0.3) is 0 Å². The lowest BCUT2D eigenvalue weighted by Gasteiger charge is -2.24. The molecule has 0 aliphatic carbocycles. The minimum atomic E-state index is 0.417. The van der Waals surface area contributed by atoms with Crippen LogP contribution in [0.2, 0.25) is 0 Å². The Morgan fingerprint density at radius 2 is 2.00 bits per heavy atom. The molecule has 2 heteroatoms. The molecule has 0 atom stereocenters. The first-order chi connectivity index (χ1) is 4.83. The van der Waals surface area contributed by atoms with E-state index in [2.05, 4.69) is 11.8 Å². The molecule has 0 N–H and O–H groups in total. The number of piperidine rings is 1. The lowest BCUT2D eigenvalue weighted by Crippen LogP contribution is -2.34. The van der Waals surface area contributed by atoms with Crippen molar-refractivity contribution in [2.24, 2.45) is 0 Å². The van der Waals surface area contributed by atoms with E-state index < -0.39 is 0 Å². The van der Waals surface area contributed by atoms with Gasteiger partial charge >= 0.3 is 0 Å². The third-order valence-corrected chi connectivity index (χ3v) is 1.89. The number of likely N-dealkylation sites (tertiary alicyclic amines) is 1. The molecule has 0 saturated carbocycles. The maximum absolute atomic E-state index is 10.8. The maximum Gasteiger partial charge on any atom is 0.135 e. The van der Waals surface area contributed by atoms with E-state index in [1.54, 1.807) is 0 Å². The molecule has 1 rings (SSSR count). The Morgan fingerprint density at radius 3 is 2.50 bits per heavy atom. The van der Waals surface area contributed by atoms with Gasteiger partial charge in [-0.05, 0) is 13.0 Å². The smallest absolute Gasteiger partial charge is 0.135 e. The Kier molecular flexibility index (Phi) is 2.87. The number of rotatable bonds is 2. The Hall–Kier alpha value is -0.370. The van der Waals surface area contributed by atoms with E-state index in [4.69, 9.17) is 0 Å². The van der Waals surface area contributed by atoms with Crippen LogP contribution in [0.5, 0.6) is 0 Å². The molecule has 10 heavy (non-hydrogen) atoms. The number of ketones is 1. The maximum atomic E-state index is 10.8. The second-order valence-electron chi connectivity index (χ2n) is 2.73. The van der Waals surface area contributed by atoms with Crippen molar-refractivity contribution in [1.82, 2.24) is 4.90 Å². The molecule has 2 nitrogen and oxygen atoms in total. The molecule has 1 aliphatic heterocycles. The number of carbonyl (C=O) groups is 1. The van der Waals surface area contributed by atoms with E-state index in [0.29, 0.717) is 5.78 Å². The fraction of sp³-hybridized carbons (Fsp3) is 0.750. The second kappa shape index (κ2) is 3.71. The van der Waals surface area contributed by atoms with E-state index in [0.717, 1.165) is 38.9 Å². The Balaban J connectivity index is 2.19. The van der Waals surface area contributed by atoms with Crippen LogP contribution < -0.4 is 0 Å². The number of nitrogens with zero attached hydrogens (tertiary/aromatic N) is 1. The monoisotopic (exact) mass is 140 g/mol. The molecule has 57 valence electrons. The molecule has 0 aromatic rings. The van der Waals surface area contributed by atoms with Gasteiger partial charge in [0.15, 0.2) is 0 Å². The molecule has 1 fully saturated rings. The highest BCUT2D eigenvalue weighted by atomic mass is 16.1. The predicted octanol–water partition coefficient (Wildman–Crippen LogP) is 0.875. The van der Waals surface area contributed by atoms with Gasteiger partial charge in [0, 0.05) is 25.9 Å². The van der Waals surface area contributed by atoms with Crippen molar-refractivity contribution in [2.75, 3.05) is 19.6 Å². The van der Waals surface area contributed by atoms with E-state index >= 15 is 0 Å². The summed E-state index contributed by atoms with van der Waals surface area (Å²) in [7, 11) is 0. The van der Waals surface area contributed by atoms with E-state index in [1.807, 2.05) is 0 Å². The lowest BCUT2D eigenvalue weighted by molar-refractivity contribution is -0.121. The van der Waals surface area contributed by atoms with Crippen molar-refractivity contribution in [2.45, 2.75) is 19.3 Å². The van der Waals surface area contributed by atoms with Crippen LogP contribution in [0.15, 0.2) is 0 Å². The highest BCUT2D eigenvalue weighted by molar-refractivity contribution is 5.79. The van der Waals surface area contributed by atoms with Crippen LogP contribution in [0.1, 0.15) is 19.3 Å². The van der Waals surface area contributed by atoms with E-state index in [1.165, 1.54) is 0 Å². The van der Waals surface area contributed by atoms with Crippen LogP contribution in [0, 0.1) is 6.92 Å². The normalized spacial score (nSPS) is 21.5. The quantitative estimate of drug-likeness (QED) is 0.567. The zero-order valence-corrected chi connectivity index (χ0v) is 6.31. The van der Waals surface area contributed by atoms with Crippen LogP contribution in [-0.4, -0.2) is 30.3 Å². The summed E-state index contributed by atoms with van der Waals surface area (Å²) < 4.78 is 0. The van der Waals surface area contributed by atoms with E-state index in [9.17, 15) is 4.79 Å². The number of Topliss-reactive ketones (excluding diaryl/α,β-unsaturated/α-hetero) is 1. The van der Waals surface area contributed by atoms with Gasteiger partial charge in [-0.3, -0.25) is 4.79 Å². The fourth-order valence-electron chi connectivity index (χ4n) is 1.25. The first-order valence-electron chi connectivity index (χ1n) is 3.86. The molecule has 0 bridgehead atoms. The van der Waals surface area contributed by atoms with Crippen molar-refractivity contribution in [3.63, 3.8) is 0 Å². The van der Waals surface area contributed by atoms with Gasteiger partial charge in [-0.15, -0.1) is 0 Å². The molecule has 1 heterocycles. The summed E-state index contributed by atoms with van der Waals surface area (Å²) in [5.41, 5.74) is 0. The molecule has 1 aliphatic rings. The summed E-state index contributed by atoms with van der Waals surface area (Å²) in [6.07, 6.45) is 2.45. The molecule has 0 aromatic heterocycles. The lowest BCUT2D eigenvalue weighted by atomic mass is 10.1. The van der Waals surface area contributed by atoms with Gasteiger partial charge in [0.25, 0.3) is 0 Å². The van der Waals surface area contributed by atoms with Crippen molar-refractivity contribution in [3.05, 3.63) is 6.92 Å². The van der Waals surface area contributed by atoms with Crippen molar-refractivity contribution in [3.8, 4) is 0 Å². The van der Waals surface area contributed by atoms with Gasteiger partial charge in [0.1, 0.15) is 5.78 Å². The standard InChI is InChI=1S/C8H14NO/c1-2-5-9-6-3-8(10)4-7-9/h1-7H2. The van der Waals surface area contributed by atoms with E-state index in [-0.39, 0.29) is 0 Å². The average Bonchev–Trinajstić information content (AvgIpc) is 1.95. The third-order valence-electron chi connectivity index (χ3n) is 1.89. The predicted molar refractivity (Wildman–Crippen MR) is 40.7 cm³/mol. The van der Waals surface area contributed by atoms with Crippen molar-refractivity contribution in [1.29, 1.82) is 0 Å². The molecular formula is C8H14NO. The highest BCUT2D eigenvalue weighted by Gasteiger charge is 2.14. The summed E-state index contributed by atoms with van der Waals surface area (Å²) in [6.45, 7) is 6.73. The van der Waals surface area contributed by atoms with Gasteiger partial charge in [0.2, 0.25) is 0 Å². The highest BCUT2D eigenvalue weighted by Crippen LogP contribution is 2.04. The van der Waals surface area contributed by atoms with Crippen LogP contribution in [-0.2, 0) is 4.79 Å². The van der Waals surface area contributed by atoms with Gasteiger partial charge in [-0.1, -0.05) is 6.92 Å². The number of carbonyl (C=O) groups excluding carboxylic acids is 1. The summed E-state index contributed by atoms with van der Waals surface area (Å²) in [5, 5.41) is 0. The second-order valence-corrected chi connectivity index (χ2v) is 2.73. The topological polar surface area (TPSA) is 20.3 Å². The molecular weight excluding hydrogens is 126 g/mol. The summed E-state index contributed by atoms with van der Waals surface area (Å²) in [4.78, 5) is 13.1. The van der Waals surface area contributed by atoms with Crippen LogP contribution >= 0.6 is 0 Å². The third kappa shape index (κ3) is 2.10. The molecule has 0 unspecified atom stereocenters. The van der Waals surface area contributed by atoms with Crippen molar-refractivity contribution < 1.29 is 4.79 Å². The van der Waals surface area contributed by atoms with Gasteiger partial charge < -0.3 is 4.90 Å².